The normalized spacial score (nSPS) is 22.8. The summed E-state index contributed by atoms with van der Waals surface area (Å²) in [5.74, 6) is 0. The smallest absolute Gasteiger partial charge is 0.124 e. The zero-order valence-electron chi connectivity index (χ0n) is 28.1. The average Bonchev–Trinajstić information content (AvgIpc) is 3.99. The van der Waals surface area contributed by atoms with Gasteiger partial charge in [-0.1, -0.05) is 84.2 Å². The molecule has 2 aliphatic heterocycles. The van der Waals surface area contributed by atoms with Crippen molar-refractivity contribution in [2.75, 3.05) is 0 Å². The van der Waals surface area contributed by atoms with E-state index in [9.17, 15) is 0 Å². The third-order valence-electron chi connectivity index (χ3n) is 10.5. The van der Waals surface area contributed by atoms with Crippen molar-refractivity contribution in [3.05, 3.63) is 153 Å². The van der Waals surface area contributed by atoms with Gasteiger partial charge in [-0.15, -0.1) is 22.7 Å². The topological polar surface area (TPSA) is 50.5 Å². The second-order valence-electron chi connectivity index (χ2n) is 13.6. The number of nitrogens with zero attached hydrogens (tertiary/aromatic N) is 4. The van der Waals surface area contributed by atoms with Crippen LogP contribution in [0.5, 0.6) is 0 Å². The molecule has 1 fully saturated rings. The van der Waals surface area contributed by atoms with Crippen molar-refractivity contribution < 1.29 is 0 Å². The van der Waals surface area contributed by atoms with Crippen LogP contribution in [0.15, 0.2) is 152 Å². The van der Waals surface area contributed by atoms with E-state index in [0.29, 0.717) is 0 Å². The minimum absolute atomic E-state index is 0.147. The Balaban J connectivity index is 0.914. The number of para-hydroxylation sites is 2. The Kier molecular flexibility index (Phi) is 7.47. The standard InChI is InChI=1S/C43H32N4S4/c1-42-32(22-38(50-42)44-24-26-10-7-12-28(20-26)40-46-34-16-3-5-18-36(34)48-40)30-14-9-15-31(30)33-23-39(51-43(33,42)2)45-25-27-11-8-13-29(21-27)41-47-35-17-4-6-19-37(35)49-41/h3-8,10-13,16-25H,9,14-15H2,1-2H3/b44-24-,45-25+/t42-,43+/m0/s1. The molecule has 8 heteroatoms. The van der Waals surface area contributed by atoms with Crippen molar-refractivity contribution in [3.8, 4) is 21.1 Å². The highest BCUT2D eigenvalue weighted by Gasteiger charge is 2.59. The van der Waals surface area contributed by atoms with Gasteiger partial charge >= 0.3 is 0 Å². The first-order valence-corrected chi connectivity index (χ1v) is 20.5. The Morgan fingerprint density at radius 2 is 1.06 bits per heavy atom. The van der Waals surface area contributed by atoms with Crippen molar-refractivity contribution in [3.63, 3.8) is 0 Å². The van der Waals surface area contributed by atoms with Crippen molar-refractivity contribution in [2.45, 2.75) is 42.6 Å². The lowest BCUT2D eigenvalue weighted by Gasteiger charge is -2.46. The number of thiazole rings is 2. The molecule has 4 nitrogen and oxygen atoms in total. The molecule has 0 amide bonds. The molecule has 2 aromatic heterocycles. The minimum Gasteiger partial charge on any atom is -0.249 e. The molecule has 2 atom stereocenters. The Morgan fingerprint density at radius 3 is 1.53 bits per heavy atom. The monoisotopic (exact) mass is 732 g/mol. The van der Waals surface area contributed by atoms with Crippen LogP contribution in [0.2, 0.25) is 0 Å². The highest BCUT2D eigenvalue weighted by atomic mass is 32.2. The fraction of sp³-hybridized carbons (Fsp3) is 0.163. The summed E-state index contributed by atoms with van der Waals surface area (Å²) in [6.45, 7) is 4.85. The van der Waals surface area contributed by atoms with Gasteiger partial charge in [-0.3, -0.25) is 0 Å². The molecule has 0 N–H and O–H groups in total. The first-order valence-electron chi connectivity index (χ1n) is 17.2. The molecule has 4 aromatic carbocycles. The van der Waals surface area contributed by atoms with Crippen LogP contribution < -0.4 is 0 Å². The van der Waals surface area contributed by atoms with Crippen molar-refractivity contribution in [1.29, 1.82) is 0 Å². The fourth-order valence-corrected chi connectivity index (χ4v) is 12.6. The maximum absolute atomic E-state index is 5.11. The van der Waals surface area contributed by atoms with Crippen molar-refractivity contribution >= 4 is 79.1 Å². The first-order chi connectivity index (χ1) is 24.9. The number of aliphatic imine (C=N–C) groups is 2. The summed E-state index contributed by atoms with van der Waals surface area (Å²) in [6.07, 6.45) is 12.3. The molecule has 10 rings (SSSR count). The number of hydrogen-bond donors (Lipinski definition) is 0. The maximum atomic E-state index is 5.11. The summed E-state index contributed by atoms with van der Waals surface area (Å²) in [5.41, 5.74) is 12.5. The second kappa shape index (κ2) is 12.1. The molecule has 1 saturated carbocycles. The quantitative estimate of drug-likeness (QED) is 0.160. The van der Waals surface area contributed by atoms with Gasteiger partial charge in [0.15, 0.2) is 0 Å². The zero-order chi connectivity index (χ0) is 34.2. The van der Waals surface area contributed by atoms with Crippen LogP contribution in [-0.2, 0) is 0 Å². The number of allylic oxidation sites excluding steroid dienone is 4. The number of hydrogen-bond acceptors (Lipinski definition) is 8. The molecule has 0 saturated heterocycles. The highest BCUT2D eigenvalue weighted by Crippen LogP contribution is 2.68. The highest BCUT2D eigenvalue weighted by molar-refractivity contribution is 8.09. The van der Waals surface area contributed by atoms with Crippen LogP contribution in [0.4, 0.5) is 0 Å². The van der Waals surface area contributed by atoms with Gasteiger partial charge < -0.3 is 0 Å². The molecule has 51 heavy (non-hydrogen) atoms. The van der Waals surface area contributed by atoms with Gasteiger partial charge in [-0.25, -0.2) is 20.0 Å². The maximum Gasteiger partial charge on any atom is 0.124 e. The molecule has 248 valence electrons. The number of rotatable bonds is 6. The molecule has 4 heterocycles. The van der Waals surface area contributed by atoms with Gasteiger partial charge in [-0.2, -0.15) is 0 Å². The SMILES string of the molecule is C[C@]12SC(/N=C\c3cccc(-c4nc5ccccc5s4)c3)=CC1=C1CCCC1=C1C=C(/N=C/c3cccc(-c4nc5ccccc5s4)c3)S[C@]12C. The van der Waals surface area contributed by atoms with E-state index in [0.717, 1.165) is 66.2 Å². The van der Waals surface area contributed by atoms with Gasteiger partial charge in [-0.05, 0) is 115 Å². The summed E-state index contributed by atoms with van der Waals surface area (Å²) in [7, 11) is 0. The minimum atomic E-state index is -0.147. The Labute approximate surface area is 313 Å². The Hall–Kier alpha value is -4.34. The molecule has 0 radical (unpaired) electrons. The summed E-state index contributed by atoms with van der Waals surface area (Å²) in [6, 6.07) is 33.8. The Bertz CT molecular complexity index is 2370. The van der Waals surface area contributed by atoms with E-state index >= 15 is 0 Å². The molecule has 4 aliphatic rings. The van der Waals surface area contributed by atoms with E-state index in [1.54, 1.807) is 22.7 Å². The molecular weight excluding hydrogens is 701 g/mol. The first kappa shape index (κ1) is 31.4. The van der Waals surface area contributed by atoms with Gasteiger partial charge in [0.2, 0.25) is 0 Å². The van der Waals surface area contributed by atoms with Gasteiger partial charge in [0, 0.05) is 23.6 Å². The average molecular weight is 733 g/mol. The number of fused-ring (bicyclic) bond motifs is 6. The van der Waals surface area contributed by atoms with E-state index in [1.165, 1.54) is 38.1 Å². The van der Waals surface area contributed by atoms with Gasteiger partial charge in [0.1, 0.15) is 10.0 Å². The summed E-state index contributed by atoms with van der Waals surface area (Å²) in [5, 5.41) is 4.22. The zero-order valence-corrected chi connectivity index (χ0v) is 31.4. The third-order valence-corrected chi connectivity index (χ3v) is 15.7. The van der Waals surface area contributed by atoms with Crippen molar-refractivity contribution in [2.24, 2.45) is 9.98 Å². The number of aromatic nitrogens is 2. The molecule has 0 unspecified atom stereocenters. The van der Waals surface area contributed by atoms with E-state index < -0.39 is 0 Å². The summed E-state index contributed by atoms with van der Waals surface area (Å²) >= 11 is 7.29. The fourth-order valence-electron chi connectivity index (χ4n) is 7.81. The van der Waals surface area contributed by atoms with Crippen molar-refractivity contribution in [1.82, 2.24) is 9.97 Å². The van der Waals surface area contributed by atoms with Crippen LogP contribution in [0, 0.1) is 0 Å². The van der Waals surface area contributed by atoms with Crippen LogP contribution in [0.3, 0.4) is 0 Å². The molecule has 0 bridgehead atoms. The molecule has 2 aliphatic carbocycles. The van der Waals surface area contributed by atoms with Gasteiger partial charge in [0.05, 0.1) is 40.0 Å². The lowest BCUT2D eigenvalue weighted by atomic mass is 9.72. The van der Waals surface area contributed by atoms with Crippen LogP contribution in [0.1, 0.15) is 44.2 Å². The number of benzene rings is 4. The third kappa shape index (κ3) is 5.26. The molecular formula is C43H32N4S4. The lowest BCUT2D eigenvalue weighted by Crippen LogP contribution is -2.47. The molecule has 6 aromatic rings. The Morgan fingerprint density at radius 1 is 0.588 bits per heavy atom. The summed E-state index contributed by atoms with van der Waals surface area (Å²) < 4.78 is 2.12. The van der Waals surface area contributed by atoms with Crippen LogP contribution in [-0.4, -0.2) is 31.9 Å². The van der Waals surface area contributed by atoms with E-state index in [-0.39, 0.29) is 9.49 Å². The van der Waals surface area contributed by atoms with Crippen LogP contribution in [0.25, 0.3) is 41.6 Å². The van der Waals surface area contributed by atoms with Gasteiger partial charge in [0.25, 0.3) is 0 Å². The number of thioether (sulfide) groups is 2. The van der Waals surface area contributed by atoms with E-state index in [2.05, 4.69) is 111 Å². The lowest BCUT2D eigenvalue weighted by molar-refractivity contribution is 0.607. The molecule has 0 spiro atoms. The van der Waals surface area contributed by atoms with E-state index in [4.69, 9.17) is 20.0 Å². The largest absolute Gasteiger partial charge is 0.249 e. The predicted octanol–water partition coefficient (Wildman–Crippen LogP) is 12.3. The predicted molar refractivity (Wildman–Crippen MR) is 221 cm³/mol. The summed E-state index contributed by atoms with van der Waals surface area (Å²) in [4.78, 5) is 20.0. The van der Waals surface area contributed by atoms with E-state index in [1.807, 2.05) is 48.1 Å². The second-order valence-corrected chi connectivity index (χ2v) is 18.6. The van der Waals surface area contributed by atoms with Crippen LogP contribution >= 0.6 is 46.2 Å².